The van der Waals surface area contributed by atoms with Crippen LogP contribution in [0, 0.1) is 0 Å². The number of para-hydroxylation sites is 4. The van der Waals surface area contributed by atoms with Crippen LogP contribution in [-0.2, 0) is 2.84 Å². The topological polar surface area (TPSA) is 174 Å². The number of hydrogen-bond acceptors (Lipinski definition) is 13. The lowest BCUT2D eigenvalue weighted by atomic mass is 10.2. The van der Waals surface area contributed by atoms with E-state index in [-0.39, 0.29) is 0 Å². The van der Waals surface area contributed by atoms with E-state index in [1.165, 1.54) is 0 Å². The summed E-state index contributed by atoms with van der Waals surface area (Å²) in [4.78, 5) is 19.2. The lowest BCUT2D eigenvalue weighted by Crippen LogP contribution is -2.46. The van der Waals surface area contributed by atoms with Gasteiger partial charge in [-0.2, -0.15) is 0 Å². The number of furan rings is 2. The molecule has 59 heavy (non-hydrogen) atoms. The number of fused-ring (bicyclic) bond motifs is 10. The molecule has 2 aliphatic heterocycles. The molecule has 4 N–H and O–H groups in total. The second-order valence-corrected chi connectivity index (χ2v) is 16.6. The monoisotopic (exact) mass is 808 g/mol. The molecule has 10 rings (SSSR count). The summed E-state index contributed by atoms with van der Waals surface area (Å²) in [6, 6.07) is 40.6. The normalized spacial score (nSPS) is 14.6. The van der Waals surface area contributed by atoms with E-state index in [0.29, 0.717) is 90.9 Å². The van der Waals surface area contributed by atoms with Gasteiger partial charge in [0.2, 0.25) is 11.8 Å². The Bertz CT molecular complexity index is 2810. The van der Waals surface area contributed by atoms with Gasteiger partial charge in [-0.3, -0.25) is 0 Å². The van der Waals surface area contributed by atoms with Gasteiger partial charge in [0.15, 0.2) is 0 Å². The summed E-state index contributed by atoms with van der Waals surface area (Å²) in [7, 11) is 0. The van der Waals surface area contributed by atoms with Crippen LogP contribution in [0.3, 0.4) is 0 Å². The van der Waals surface area contributed by atoms with Crippen molar-refractivity contribution in [1.82, 2.24) is 0 Å². The molecule has 0 saturated heterocycles. The molecule has 0 spiro atoms. The summed E-state index contributed by atoms with van der Waals surface area (Å²) < 4.78 is 45.9. The molecule has 15 heteroatoms. The Morgan fingerprint density at radius 2 is 0.746 bits per heavy atom. The zero-order chi connectivity index (χ0) is 39.7. The SMILES string of the molecule is Nc1ccc2oc3c(c2c1)N=Cc1ccccc1[O][Al]([O][Al]1[O]c2ccccc2C=Nc2c(oc4ccc(N)cc24)/N=C/c2ccccc2[O]1)[O]c1ccccc1/C=N/3. The molecule has 4 heterocycles. The molecule has 13 nitrogen and oxygen atoms in total. The van der Waals surface area contributed by atoms with E-state index >= 15 is 0 Å². The number of rotatable bonds is 2. The molecule has 0 bridgehead atoms. The first-order valence-electron chi connectivity index (χ1n) is 18.5. The third-order valence-corrected chi connectivity index (χ3v) is 13.0. The fourth-order valence-corrected chi connectivity index (χ4v) is 9.97. The van der Waals surface area contributed by atoms with Gasteiger partial charge < -0.3 is 38.3 Å². The zero-order valence-corrected chi connectivity index (χ0v) is 33.3. The third-order valence-electron chi connectivity index (χ3n) is 9.43. The molecule has 0 atom stereocenters. The van der Waals surface area contributed by atoms with Crippen LogP contribution in [-0.4, -0.2) is 55.2 Å². The quantitative estimate of drug-likeness (QED) is 0.127. The summed E-state index contributed by atoms with van der Waals surface area (Å²) in [5.74, 6) is 2.49. The third kappa shape index (κ3) is 7.56. The Morgan fingerprint density at radius 3 is 1.12 bits per heavy atom. The number of nitrogen functional groups attached to an aromatic ring is 2. The molecule has 284 valence electrons. The van der Waals surface area contributed by atoms with Crippen molar-refractivity contribution in [2.24, 2.45) is 20.0 Å². The van der Waals surface area contributed by atoms with E-state index in [1.54, 1.807) is 49.1 Å². The van der Waals surface area contributed by atoms with Crippen molar-refractivity contribution in [3.63, 3.8) is 0 Å². The maximum Gasteiger partial charge on any atom is 1.07 e. The van der Waals surface area contributed by atoms with E-state index in [4.69, 9.17) is 58.3 Å². The summed E-state index contributed by atoms with van der Waals surface area (Å²) in [6.07, 6.45) is 6.69. The number of nitrogens with zero attached hydrogens (tertiary/aromatic N) is 4. The summed E-state index contributed by atoms with van der Waals surface area (Å²) in [5, 5.41) is 1.44. The van der Waals surface area contributed by atoms with Crippen LogP contribution < -0.4 is 26.6 Å². The Balaban J connectivity index is 1.06. The van der Waals surface area contributed by atoms with Crippen LogP contribution >= 0.6 is 0 Å². The van der Waals surface area contributed by atoms with Crippen molar-refractivity contribution in [2.45, 2.75) is 0 Å². The van der Waals surface area contributed by atoms with Crippen molar-refractivity contribution in [2.75, 3.05) is 11.5 Å². The Morgan fingerprint density at radius 1 is 0.407 bits per heavy atom. The Labute approximate surface area is 346 Å². The largest absolute Gasteiger partial charge is 1.07 e. The van der Waals surface area contributed by atoms with E-state index in [1.807, 2.05) is 109 Å². The summed E-state index contributed by atoms with van der Waals surface area (Å²) >= 11 is -6.58. The molecule has 8 aromatic rings. The minimum atomic E-state index is -3.29. The first-order valence-corrected chi connectivity index (χ1v) is 21.3. The minimum absolute atomic E-state index is 0.308. The zero-order valence-electron chi connectivity index (χ0n) is 31.0. The number of anilines is 2. The summed E-state index contributed by atoms with van der Waals surface area (Å²) in [5.41, 5.74) is 18.3. The van der Waals surface area contributed by atoms with E-state index < -0.39 is 30.3 Å². The highest BCUT2D eigenvalue weighted by Crippen LogP contribution is 2.42. The smallest absolute Gasteiger partial charge is 0.589 e. The predicted molar refractivity (Wildman–Crippen MR) is 231 cm³/mol. The molecular formula is C44H30Al2N6O7. The van der Waals surface area contributed by atoms with Crippen molar-refractivity contribution >= 4 is 112 Å². The van der Waals surface area contributed by atoms with Crippen LogP contribution in [0.2, 0.25) is 0 Å². The molecule has 2 aromatic heterocycles. The average molecular weight is 809 g/mol. The minimum Gasteiger partial charge on any atom is -0.589 e. The van der Waals surface area contributed by atoms with Crippen molar-refractivity contribution in [3.8, 4) is 23.0 Å². The number of hydrogen-bond donors (Lipinski definition) is 2. The number of nitrogens with two attached hydrogens (primary N) is 2. The maximum atomic E-state index is 6.81. The van der Waals surface area contributed by atoms with Gasteiger partial charge in [0.05, 0.1) is 33.8 Å². The molecular weight excluding hydrogens is 778 g/mol. The van der Waals surface area contributed by atoms with Gasteiger partial charge in [0, 0.05) is 58.5 Å². The Hall–Kier alpha value is -7.10. The predicted octanol–water partition coefficient (Wildman–Crippen LogP) is 9.57. The molecule has 0 aliphatic carbocycles. The van der Waals surface area contributed by atoms with E-state index in [9.17, 15) is 0 Å². The second-order valence-electron chi connectivity index (χ2n) is 13.4. The fourth-order valence-electron chi connectivity index (χ4n) is 6.57. The van der Waals surface area contributed by atoms with Gasteiger partial charge in [0.1, 0.15) is 22.5 Å². The Kier molecular flexibility index (Phi) is 9.64. The molecule has 0 radical (unpaired) electrons. The van der Waals surface area contributed by atoms with E-state index in [0.717, 1.165) is 10.8 Å². The lowest BCUT2D eigenvalue weighted by Gasteiger charge is -2.22. The lowest BCUT2D eigenvalue weighted by molar-refractivity contribution is 0.236. The summed E-state index contributed by atoms with van der Waals surface area (Å²) in [6.45, 7) is 0. The first kappa shape index (κ1) is 36.3. The van der Waals surface area contributed by atoms with Crippen LogP contribution in [0.5, 0.6) is 23.0 Å². The fraction of sp³-hybridized carbons (Fsp3) is 0. The average Bonchev–Trinajstić information content (AvgIpc) is 3.77. The molecule has 0 amide bonds. The van der Waals surface area contributed by atoms with Crippen LogP contribution in [0.4, 0.5) is 34.5 Å². The van der Waals surface area contributed by atoms with Crippen molar-refractivity contribution in [3.05, 3.63) is 156 Å². The van der Waals surface area contributed by atoms with Gasteiger partial charge in [-0.05, 0) is 84.9 Å². The number of benzene rings is 6. The van der Waals surface area contributed by atoms with Gasteiger partial charge in [0.25, 0.3) is 0 Å². The van der Waals surface area contributed by atoms with Gasteiger partial charge >= 0.3 is 30.3 Å². The first-order chi connectivity index (χ1) is 29.0. The molecule has 6 aromatic carbocycles. The number of aliphatic imine (C=N–C) groups is 4. The molecule has 0 fully saturated rings. The van der Waals surface area contributed by atoms with Gasteiger partial charge in [-0.25, -0.2) is 20.0 Å². The highest BCUT2D eigenvalue weighted by molar-refractivity contribution is 6.54. The molecule has 0 saturated carbocycles. The van der Waals surface area contributed by atoms with Crippen molar-refractivity contribution in [1.29, 1.82) is 0 Å². The highest BCUT2D eigenvalue weighted by atomic mass is 27.3. The van der Waals surface area contributed by atoms with Crippen molar-refractivity contribution < 1.29 is 26.8 Å². The molecule has 0 unspecified atom stereocenters. The highest BCUT2D eigenvalue weighted by Gasteiger charge is 2.53. The standard InChI is InChI=1S/2C22H17N3O3.2Al.O/c2*23-16-9-10-20-17(11-16)21(24-12-14-5-1-3-7-18(14)26)22(28-20)25-13-15-6-2-4-8-19(15)27;;;/h2*1-13,26-27H,23H2;;;/q;;2*+2;/p-4/b2*24-12?,25-13+;;;. The second kappa shape index (κ2) is 15.7. The van der Waals surface area contributed by atoms with Crippen LogP contribution in [0.25, 0.3) is 21.9 Å². The van der Waals surface area contributed by atoms with E-state index in [2.05, 4.69) is 0 Å². The van der Waals surface area contributed by atoms with Crippen LogP contribution in [0.1, 0.15) is 22.3 Å². The van der Waals surface area contributed by atoms with Gasteiger partial charge in [-0.15, -0.1) is 0 Å². The van der Waals surface area contributed by atoms with Crippen LogP contribution in [0.15, 0.2) is 162 Å². The van der Waals surface area contributed by atoms with Gasteiger partial charge in [-0.1, -0.05) is 48.5 Å². The molecule has 2 aliphatic rings. The maximum absolute atomic E-state index is 6.81.